The maximum Gasteiger partial charge on any atom is 0.326 e. The van der Waals surface area contributed by atoms with E-state index in [0.717, 1.165) is 45.2 Å². The largest absolute Gasteiger partial charge is 0.494 e. The Bertz CT molecular complexity index is 1390. The fourth-order valence-corrected chi connectivity index (χ4v) is 5.12. The van der Waals surface area contributed by atoms with E-state index >= 15 is 0 Å². The highest BCUT2D eigenvalue weighted by molar-refractivity contribution is 7.99. The van der Waals surface area contributed by atoms with Crippen molar-refractivity contribution in [3.63, 3.8) is 0 Å². The second kappa shape index (κ2) is 14.2. The minimum absolute atomic E-state index is 0.00102. The van der Waals surface area contributed by atoms with Crippen molar-refractivity contribution < 1.29 is 19.4 Å². The molecule has 206 valence electrons. The molecule has 40 heavy (non-hydrogen) atoms. The predicted molar refractivity (Wildman–Crippen MR) is 162 cm³/mol. The summed E-state index contributed by atoms with van der Waals surface area (Å²) in [7, 11) is 0. The van der Waals surface area contributed by atoms with Gasteiger partial charge in [-0.2, -0.15) is 0 Å². The lowest BCUT2D eigenvalue weighted by Crippen LogP contribution is -2.37. The number of urea groups is 1. The van der Waals surface area contributed by atoms with Gasteiger partial charge in [0.2, 0.25) is 0 Å². The number of carboxylic acids is 1. The molecule has 0 saturated carbocycles. The molecular formula is C33H34N2O4S. The molecule has 4 rings (SSSR count). The summed E-state index contributed by atoms with van der Waals surface area (Å²) in [4.78, 5) is 28.4. The average molecular weight is 555 g/mol. The number of hydrogen-bond acceptors (Lipinski definition) is 4. The lowest BCUT2D eigenvalue weighted by atomic mass is 10.1. The molecule has 0 aliphatic carbocycles. The summed E-state index contributed by atoms with van der Waals surface area (Å²) in [6.07, 6.45) is 2.06. The van der Waals surface area contributed by atoms with Gasteiger partial charge < -0.3 is 15.2 Å². The first-order valence-corrected chi connectivity index (χ1v) is 14.2. The summed E-state index contributed by atoms with van der Waals surface area (Å²) in [6.45, 7) is 4.81. The normalized spacial score (nSPS) is 11.4. The summed E-state index contributed by atoms with van der Waals surface area (Å²) < 4.78 is 5.82. The molecule has 0 aliphatic heterocycles. The van der Waals surface area contributed by atoms with Crippen LogP contribution in [0, 0.1) is 0 Å². The molecule has 1 atom stereocenters. The topological polar surface area (TPSA) is 78.9 Å². The smallest absolute Gasteiger partial charge is 0.326 e. The van der Waals surface area contributed by atoms with Gasteiger partial charge >= 0.3 is 12.0 Å². The van der Waals surface area contributed by atoms with Crippen molar-refractivity contribution in [2.45, 2.75) is 48.9 Å². The van der Waals surface area contributed by atoms with Crippen LogP contribution in [-0.4, -0.2) is 23.7 Å². The lowest BCUT2D eigenvalue weighted by Gasteiger charge is -2.30. The molecule has 4 aromatic carbocycles. The summed E-state index contributed by atoms with van der Waals surface area (Å²) >= 11 is 1.55. The fourth-order valence-electron chi connectivity index (χ4n) is 4.24. The summed E-state index contributed by atoms with van der Waals surface area (Å²) in [5.74, 6) is -0.0682. The van der Waals surface area contributed by atoms with Crippen LogP contribution in [0.4, 0.5) is 16.2 Å². The van der Waals surface area contributed by atoms with Crippen molar-refractivity contribution in [3.05, 3.63) is 114 Å². The second-order valence-electron chi connectivity index (χ2n) is 9.43. The van der Waals surface area contributed by atoms with Crippen molar-refractivity contribution in [1.29, 1.82) is 0 Å². The molecule has 7 heteroatoms. The molecule has 0 fully saturated rings. The predicted octanol–water partition coefficient (Wildman–Crippen LogP) is 8.44. The molecule has 2 amide bonds. The molecule has 0 bridgehead atoms. The number of carbonyl (C=O) groups is 2. The lowest BCUT2D eigenvalue weighted by molar-refractivity contribution is -0.136. The van der Waals surface area contributed by atoms with Crippen LogP contribution >= 0.6 is 11.8 Å². The summed E-state index contributed by atoms with van der Waals surface area (Å²) in [6, 6.07) is 32.3. The second-order valence-corrected chi connectivity index (χ2v) is 10.6. The first kappa shape index (κ1) is 28.8. The standard InChI is InChI=1S/C33H34N2O4S/c1-3-4-21-39-29-17-15-28(16-18-29)35(24(2)26-9-6-5-7-10-26)33(38)34-27-11-8-12-31(23-27)40-30-19-13-25(14-20-30)22-32(36)37/h5-20,23-24H,3-4,21-22H2,1-2H3,(H,34,38)(H,36,37). The molecule has 0 saturated heterocycles. The van der Waals surface area contributed by atoms with Crippen molar-refractivity contribution in [3.8, 4) is 5.75 Å². The Morgan fingerprint density at radius 3 is 2.30 bits per heavy atom. The highest BCUT2D eigenvalue weighted by Crippen LogP contribution is 2.32. The van der Waals surface area contributed by atoms with Crippen LogP contribution in [-0.2, 0) is 11.2 Å². The van der Waals surface area contributed by atoms with Gasteiger partial charge in [0.05, 0.1) is 19.1 Å². The number of nitrogens with zero attached hydrogens (tertiary/aromatic N) is 1. The highest BCUT2D eigenvalue weighted by atomic mass is 32.2. The van der Waals surface area contributed by atoms with E-state index < -0.39 is 5.97 Å². The third-order valence-electron chi connectivity index (χ3n) is 6.37. The number of unbranched alkanes of at least 4 members (excludes halogenated alkanes) is 1. The molecule has 4 aromatic rings. The Kier molecular flexibility index (Phi) is 10.2. The first-order valence-electron chi connectivity index (χ1n) is 13.4. The Balaban J connectivity index is 1.52. The highest BCUT2D eigenvalue weighted by Gasteiger charge is 2.24. The molecule has 2 N–H and O–H groups in total. The number of amides is 2. The van der Waals surface area contributed by atoms with Crippen LogP contribution < -0.4 is 15.0 Å². The third kappa shape index (κ3) is 8.13. The van der Waals surface area contributed by atoms with Gasteiger partial charge in [0.1, 0.15) is 5.75 Å². The minimum atomic E-state index is -0.851. The van der Waals surface area contributed by atoms with E-state index in [0.29, 0.717) is 12.3 Å². The van der Waals surface area contributed by atoms with Crippen molar-refractivity contribution in [1.82, 2.24) is 0 Å². The Morgan fingerprint density at radius 2 is 1.62 bits per heavy atom. The number of aliphatic carboxylic acids is 1. The molecule has 1 unspecified atom stereocenters. The van der Waals surface area contributed by atoms with Crippen LogP contribution in [0.1, 0.15) is 43.9 Å². The van der Waals surface area contributed by atoms with E-state index in [1.54, 1.807) is 16.7 Å². The van der Waals surface area contributed by atoms with Crippen molar-refractivity contribution in [2.75, 3.05) is 16.8 Å². The molecule has 0 heterocycles. The number of anilines is 2. The average Bonchev–Trinajstić information content (AvgIpc) is 2.95. The van der Waals surface area contributed by atoms with E-state index in [9.17, 15) is 9.59 Å². The fraction of sp³-hybridized carbons (Fsp3) is 0.212. The first-order chi connectivity index (χ1) is 19.4. The van der Waals surface area contributed by atoms with E-state index in [2.05, 4.69) is 12.2 Å². The van der Waals surface area contributed by atoms with Gasteiger partial charge in [-0.05, 0) is 79.1 Å². The zero-order chi connectivity index (χ0) is 28.3. The molecule has 0 aliphatic rings. The number of carboxylic acid groups (broad SMARTS) is 1. The Labute approximate surface area is 240 Å². The number of hydrogen-bond donors (Lipinski definition) is 2. The summed E-state index contributed by atoms with van der Waals surface area (Å²) in [5.41, 5.74) is 3.23. The third-order valence-corrected chi connectivity index (χ3v) is 7.37. The molecule has 0 aromatic heterocycles. The van der Waals surface area contributed by atoms with Gasteiger partial charge in [0.25, 0.3) is 0 Å². The van der Waals surface area contributed by atoms with Gasteiger partial charge in [-0.1, -0.05) is 73.6 Å². The van der Waals surface area contributed by atoms with Gasteiger partial charge in [0.15, 0.2) is 0 Å². The minimum Gasteiger partial charge on any atom is -0.494 e. The van der Waals surface area contributed by atoms with E-state index in [1.807, 2.05) is 110 Å². The number of benzene rings is 4. The van der Waals surface area contributed by atoms with E-state index in [-0.39, 0.29) is 18.5 Å². The van der Waals surface area contributed by atoms with Gasteiger partial charge in [-0.3, -0.25) is 9.69 Å². The van der Waals surface area contributed by atoms with Crippen LogP contribution in [0.25, 0.3) is 0 Å². The quantitative estimate of drug-likeness (QED) is 0.172. The number of carbonyl (C=O) groups excluding carboxylic acids is 1. The van der Waals surface area contributed by atoms with Gasteiger partial charge in [0, 0.05) is 21.2 Å². The molecule has 0 radical (unpaired) electrons. The maximum absolute atomic E-state index is 13.7. The van der Waals surface area contributed by atoms with Gasteiger partial charge in [-0.15, -0.1) is 0 Å². The monoisotopic (exact) mass is 554 g/mol. The number of ether oxygens (including phenoxy) is 1. The number of nitrogens with one attached hydrogen (secondary N) is 1. The SMILES string of the molecule is CCCCOc1ccc(N(C(=O)Nc2cccc(Sc3ccc(CC(=O)O)cc3)c2)C(C)c2ccccc2)cc1. The molecular weight excluding hydrogens is 520 g/mol. The van der Waals surface area contributed by atoms with Crippen LogP contribution in [0.2, 0.25) is 0 Å². The van der Waals surface area contributed by atoms with Crippen molar-refractivity contribution in [2.24, 2.45) is 0 Å². The van der Waals surface area contributed by atoms with E-state index in [4.69, 9.17) is 9.84 Å². The maximum atomic E-state index is 13.7. The number of rotatable bonds is 12. The van der Waals surface area contributed by atoms with Crippen LogP contribution in [0.15, 0.2) is 113 Å². The zero-order valence-electron chi connectivity index (χ0n) is 22.7. The molecule has 6 nitrogen and oxygen atoms in total. The van der Waals surface area contributed by atoms with Crippen LogP contribution in [0.3, 0.4) is 0 Å². The van der Waals surface area contributed by atoms with E-state index in [1.165, 1.54) is 0 Å². The van der Waals surface area contributed by atoms with Crippen LogP contribution in [0.5, 0.6) is 5.75 Å². The molecule has 0 spiro atoms. The Hall–Kier alpha value is -4.23. The van der Waals surface area contributed by atoms with Crippen molar-refractivity contribution >= 4 is 35.1 Å². The zero-order valence-corrected chi connectivity index (χ0v) is 23.6. The Morgan fingerprint density at radius 1 is 0.900 bits per heavy atom. The summed E-state index contributed by atoms with van der Waals surface area (Å²) in [5, 5.41) is 12.1. The van der Waals surface area contributed by atoms with Gasteiger partial charge in [-0.25, -0.2) is 4.79 Å².